The number of hydrazine groups is 1. The van der Waals surface area contributed by atoms with Gasteiger partial charge in [-0.3, -0.25) is 0 Å². The Morgan fingerprint density at radius 1 is 1.09 bits per heavy atom. The molecule has 0 radical (unpaired) electrons. The van der Waals surface area contributed by atoms with Crippen molar-refractivity contribution in [3.63, 3.8) is 0 Å². The molecule has 0 saturated carbocycles. The molecule has 0 unspecified atom stereocenters. The number of nitrogens with zero attached hydrogens (tertiary/aromatic N) is 1. The van der Waals surface area contributed by atoms with Gasteiger partial charge in [-0.15, -0.1) is 0 Å². The Bertz CT molecular complexity index is 280. The van der Waals surface area contributed by atoms with Crippen molar-refractivity contribution in [1.82, 2.24) is 8.26 Å². The van der Waals surface area contributed by atoms with Crippen LogP contribution in [0, 0.1) is 0 Å². The van der Waals surface area contributed by atoms with Gasteiger partial charge in [0.25, 0.3) is 0 Å². The third-order valence-electron chi connectivity index (χ3n) is 0.501. The summed E-state index contributed by atoms with van der Waals surface area (Å²) in [7, 11) is -10.0. The Hall–Kier alpha value is 0.259. The molecule has 3 N–H and O–H groups in total. The van der Waals surface area contributed by atoms with E-state index in [2.05, 4.69) is 0 Å². The van der Waals surface area contributed by atoms with Crippen LogP contribution in [0.5, 0.6) is 0 Å². The first-order valence-corrected chi connectivity index (χ1v) is 5.58. The monoisotopic (exact) mass is 272 g/mol. The van der Waals surface area contributed by atoms with Gasteiger partial charge in [-0.1, -0.05) is 0 Å². The third kappa shape index (κ3) is 3.44. The molecule has 0 fully saturated rings. The topological polar surface area (TPSA) is 124 Å². The Balaban J connectivity index is 5.05. The van der Waals surface area contributed by atoms with Crippen LogP contribution in [0.15, 0.2) is 0 Å². The van der Waals surface area contributed by atoms with Gasteiger partial charge in [0.1, 0.15) is 0 Å². The molecule has 11 heavy (non-hydrogen) atoms. The second kappa shape index (κ2) is 3.33. The minimum atomic E-state index is -5.00. The fourth-order valence-corrected chi connectivity index (χ4v) is 2.68. The molecule has 68 valence electrons. The molecule has 0 atom stereocenters. The molecule has 0 spiro atoms. The van der Waals surface area contributed by atoms with E-state index in [9.17, 15) is 16.8 Å². The number of hydrogen-bond donors (Lipinski definition) is 3. The second-order valence-electron chi connectivity index (χ2n) is 1.25. The Labute approximate surface area is 71.3 Å². The maximum absolute atomic E-state index is 10.1. The summed E-state index contributed by atoms with van der Waals surface area (Å²) in [6, 6.07) is 0. The van der Waals surface area contributed by atoms with Gasteiger partial charge in [0.05, 0.1) is 0 Å². The number of hydrogen-bond acceptors (Lipinski definition) is 5. The van der Waals surface area contributed by atoms with Gasteiger partial charge >= 0.3 is 71.0 Å². The molecule has 0 rings (SSSR count). The Morgan fingerprint density at radius 3 is 1.36 bits per heavy atom. The Morgan fingerprint density at radius 2 is 1.36 bits per heavy atom. The van der Waals surface area contributed by atoms with Crippen LogP contribution in [0.25, 0.3) is 0 Å². The molecule has 8 nitrogen and oxygen atoms in total. The molecule has 0 aliphatic carbocycles. The van der Waals surface area contributed by atoms with Crippen LogP contribution in [-0.2, 0) is 20.6 Å². The second-order valence-corrected chi connectivity index (χ2v) is 4.43. The van der Waals surface area contributed by atoms with Crippen molar-refractivity contribution in [3.05, 3.63) is 0 Å². The van der Waals surface area contributed by atoms with Crippen LogP contribution < -0.4 is 4.44 Å². The van der Waals surface area contributed by atoms with E-state index in [0.717, 1.165) is 0 Å². The van der Waals surface area contributed by atoms with Gasteiger partial charge in [0.2, 0.25) is 0 Å². The molecular weight excluding hydrogens is 267 g/mol. The molecule has 0 bridgehead atoms. The summed E-state index contributed by atoms with van der Waals surface area (Å²) in [6.07, 6.45) is 0. The van der Waals surface area contributed by atoms with Crippen LogP contribution in [0.1, 0.15) is 0 Å². The molecule has 0 aliphatic heterocycles. The first-order valence-electron chi connectivity index (χ1n) is 1.84. The van der Waals surface area contributed by atoms with Crippen molar-refractivity contribution < 1.29 is 25.9 Å². The average Bonchev–Trinajstić information content (AvgIpc) is 1.56. The van der Waals surface area contributed by atoms with Gasteiger partial charge in [0, 0.05) is 0 Å². The van der Waals surface area contributed by atoms with E-state index in [4.69, 9.17) is 9.11 Å². The molecule has 0 heterocycles. The first kappa shape index (κ1) is 11.3. The molecule has 0 aromatic rings. The van der Waals surface area contributed by atoms with E-state index in [1.54, 1.807) is 0 Å². The van der Waals surface area contributed by atoms with Gasteiger partial charge < -0.3 is 0 Å². The predicted molar refractivity (Wildman–Crippen MR) is 35.2 cm³/mol. The fourth-order valence-electron chi connectivity index (χ4n) is 0.222. The molecule has 0 aromatic carbocycles. The summed E-state index contributed by atoms with van der Waals surface area (Å²) in [6.45, 7) is 0. The van der Waals surface area contributed by atoms with E-state index in [0.29, 0.717) is 0 Å². The Kier molecular flexibility index (Phi) is 3.41. The normalized spacial score (nSPS) is 13.8. The molecule has 0 amide bonds. The SMILES string of the molecule is O=S(=O)(O)N(N[SeH])S(=O)(=O)O. The zero-order valence-corrected chi connectivity index (χ0v) is 8.25. The average molecular weight is 271 g/mol. The fraction of sp³-hybridized carbons (Fsp3) is 0. The summed E-state index contributed by atoms with van der Waals surface area (Å²) >= 11 is 1.32. The number of nitrogens with one attached hydrogen (secondary N) is 1. The van der Waals surface area contributed by atoms with E-state index in [1.807, 2.05) is 0 Å². The zero-order chi connectivity index (χ0) is 9.28. The maximum atomic E-state index is 10.1. The van der Waals surface area contributed by atoms with Gasteiger partial charge in [-0.05, 0) is 0 Å². The first-order chi connectivity index (χ1) is 4.69. The summed E-state index contributed by atoms with van der Waals surface area (Å²) in [5.41, 5.74) is 0. The quantitative estimate of drug-likeness (QED) is 0.288. The molecule has 0 aromatic heterocycles. The van der Waals surface area contributed by atoms with Crippen LogP contribution in [0.4, 0.5) is 0 Å². The van der Waals surface area contributed by atoms with Gasteiger partial charge in [-0.2, -0.15) is 0 Å². The van der Waals surface area contributed by atoms with E-state index >= 15 is 0 Å². The molecular formula is H4N2O6S2Se. The zero-order valence-electron chi connectivity index (χ0n) is 4.74. The van der Waals surface area contributed by atoms with Crippen molar-refractivity contribution in [2.45, 2.75) is 0 Å². The number of rotatable bonds is 3. The van der Waals surface area contributed by atoms with Crippen LogP contribution >= 0.6 is 0 Å². The predicted octanol–water partition coefficient (Wildman–Crippen LogP) is -2.79. The summed E-state index contributed by atoms with van der Waals surface area (Å²) in [5, 5.41) is 0. The minimum absolute atomic E-state index is 0.722. The standard InChI is InChI=1S/H4N2O6S2Se/c3-9(4,5)2(1-11)10(6,7)8/h1,11H,(H,3,4,5)(H,6,7,8). The third-order valence-corrected chi connectivity index (χ3v) is 3.66. The van der Waals surface area contributed by atoms with Crippen molar-refractivity contribution in [3.8, 4) is 0 Å². The van der Waals surface area contributed by atoms with E-state index in [-0.39, 0.29) is 0 Å². The molecule has 0 saturated heterocycles. The van der Waals surface area contributed by atoms with Crippen molar-refractivity contribution in [2.24, 2.45) is 0 Å². The molecule has 11 heteroatoms. The van der Waals surface area contributed by atoms with Crippen LogP contribution in [0.2, 0.25) is 0 Å². The molecule has 0 aliphatic rings. The van der Waals surface area contributed by atoms with Crippen LogP contribution in [0.3, 0.4) is 0 Å². The summed E-state index contributed by atoms with van der Waals surface area (Å²) in [5.74, 6) is 0. The van der Waals surface area contributed by atoms with Crippen molar-refractivity contribution in [2.75, 3.05) is 0 Å². The van der Waals surface area contributed by atoms with Gasteiger partial charge in [0.15, 0.2) is 0 Å². The van der Waals surface area contributed by atoms with Crippen molar-refractivity contribution >= 4 is 36.8 Å². The van der Waals surface area contributed by atoms with E-state index in [1.165, 1.54) is 20.7 Å². The van der Waals surface area contributed by atoms with Gasteiger partial charge in [-0.25, -0.2) is 0 Å². The van der Waals surface area contributed by atoms with Crippen molar-refractivity contribution in [1.29, 1.82) is 0 Å². The van der Waals surface area contributed by atoms with Crippen LogP contribution in [-0.4, -0.2) is 46.0 Å². The van der Waals surface area contributed by atoms with E-state index < -0.39 is 24.4 Å². The summed E-state index contributed by atoms with van der Waals surface area (Å²) < 4.78 is 57.3. The summed E-state index contributed by atoms with van der Waals surface area (Å²) in [4.78, 5) is 0.